The van der Waals surface area contributed by atoms with Crippen molar-refractivity contribution in [3.63, 3.8) is 0 Å². The van der Waals surface area contributed by atoms with Gasteiger partial charge >= 0.3 is 0 Å². The molecule has 0 aliphatic carbocycles. The van der Waals surface area contributed by atoms with Crippen molar-refractivity contribution in [1.29, 1.82) is 0 Å². The van der Waals surface area contributed by atoms with Crippen molar-refractivity contribution < 1.29 is 5.11 Å². The van der Waals surface area contributed by atoms with Gasteiger partial charge in [-0.1, -0.05) is 56.3 Å². The summed E-state index contributed by atoms with van der Waals surface area (Å²) in [6, 6.07) is 18.4. The molecule has 0 heterocycles. The van der Waals surface area contributed by atoms with E-state index in [9.17, 15) is 5.11 Å². The average molecular weight is 269 g/mol. The summed E-state index contributed by atoms with van der Waals surface area (Å²) in [4.78, 5) is 0. The van der Waals surface area contributed by atoms with Gasteiger partial charge < -0.3 is 10.4 Å². The van der Waals surface area contributed by atoms with Crippen molar-refractivity contribution >= 4 is 0 Å². The molecular formula is C18H23NO. The highest BCUT2D eigenvalue weighted by Crippen LogP contribution is 2.29. The van der Waals surface area contributed by atoms with Crippen molar-refractivity contribution in [1.82, 2.24) is 5.32 Å². The summed E-state index contributed by atoms with van der Waals surface area (Å²) in [6.07, 6.45) is 0.882. The smallest absolute Gasteiger partial charge is 0.115 e. The second-order valence-corrected chi connectivity index (χ2v) is 5.80. The van der Waals surface area contributed by atoms with Crippen molar-refractivity contribution in [2.24, 2.45) is 0 Å². The zero-order valence-corrected chi connectivity index (χ0v) is 12.4. The highest BCUT2D eigenvalue weighted by molar-refractivity contribution is 5.31. The van der Waals surface area contributed by atoms with Crippen molar-refractivity contribution in [2.45, 2.75) is 31.7 Å². The fourth-order valence-electron chi connectivity index (χ4n) is 2.71. The van der Waals surface area contributed by atoms with Crippen LogP contribution in [0.3, 0.4) is 0 Å². The first-order chi connectivity index (χ1) is 9.54. The number of phenols is 1. The Bertz CT molecular complexity index is 548. The molecule has 0 saturated carbocycles. The summed E-state index contributed by atoms with van der Waals surface area (Å²) in [5.41, 5.74) is 2.48. The van der Waals surface area contributed by atoms with E-state index in [0.717, 1.165) is 12.0 Å². The monoisotopic (exact) mass is 269 g/mol. The van der Waals surface area contributed by atoms with Gasteiger partial charge in [0.15, 0.2) is 0 Å². The molecule has 0 bridgehead atoms. The van der Waals surface area contributed by atoms with Gasteiger partial charge in [-0.2, -0.15) is 0 Å². The Hall–Kier alpha value is -1.80. The molecule has 2 aromatic rings. The lowest BCUT2D eigenvalue weighted by Crippen LogP contribution is -2.44. The zero-order valence-electron chi connectivity index (χ0n) is 12.4. The Morgan fingerprint density at radius 2 is 1.75 bits per heavy atom. The largest absolute Gasteiger partial charge is 0.508 e. The molecule has 2 rings (SSSR count). The molecule has 0 aliphatic heterocycles. The van der Waals surface area contributed by atoms with Crippen LogP contribution in [0.15, 0.2) is 54.6 Å². The summed E-state index contributed by atoms with van der Waals surface area (Å²) in [7, 11) is 2.00. The molecule has 0 radical (unpaired) electrons. The fraction of sp³-hybridized carbons (Fsp3) is 0.333. The lowest BCUT2D eigenvalue weighted by Gasteiger charge is -2.35. The first-order valence-electron chi connectivity index (χ1n) is 7.04. The van der Waals surface area contributed by atoms with Gasteiger partial charge in [-0.05, 0) is 36.7 Å². The molecule has 20 heavy (non-hydrogen) atoms. The summed E-state index contributed by atoms with van der Waals surface area (Å²) in [6.45, 7) is 4.51. The number of nitrogens with one attached hydrogen (secondary N) is 1. The molecule has 0 saturated heterocycles. The van der Waals surface area contributed by atoms with Gasteiger partial charge in [0.2, 0.25) is 0 Å². The summed E-state index contributed by atoms with van der Waals surface area (Å²) in [5, 5.41) is 13.0. The topological polar surface area (TPSA) is 32.3 Å². The Labute approximate surface area is 121 Å². The van der Waals surface area contributed by atoms with Gasteiger partial charge in [0, 0.05) is 11.5 Å². The van der Waals surface area contributed by atoms with Crippen molar-refractivity contribution in [3.8, 4) is 5.75 Å². The van der Waals surface area contributed by atoms with Crippen LogP contribution in [0.2, 0.25) is 0 Å². The van der Waals surface area contributed by atoms with E-state index in [4.69, 9.17) is 0 Å². The Morgan fingerprint density at radius 3 is 2.35 bits per heavy atom. The van der Waals surface area contributed by atoms with Crippen LogP contribution < -0.4 is 5.32 Å². The summed E-state index contributed by atoms with van der Waals surface area (Å²) in [5.74, 6) is 0.329. The molecular weight excluding hydrogens is 246 g/mol. The highest BCUT2D eigenvalue weighted by atomic mass is 16.3. The number of hydrogen-bond acceptors (Lipinski definition) is 2. The zero-order chi connectivity index (χ0) is 14.6. The Balaban J connectivity index is 2.23. The van der Waals surface area contributed by atoms with E-state index in [-0.39, 0.29) is 5.41 Å². The molecule has 0 fully saturated rings. The second kappa shape index (κ2) is 6.10. The highest BCUT2D eigenvalue weighted by Gasteiger charge is 2.30. The quantitative estimate of drug-likeness (QED) is 0.870. The molecule has 1 unspecified atom stereocenters. The molecule has 2 heteroatoms. The van der Waals surface area contributed by atoms with Gasteiger partial charge in [0.25, 0.3) is 0 Å². The van der Waals surface area contributed by atoms with Crippen LogP contribution in [0.5, 0.6) is 5.75 Å². The molecule has 0 aromatic heterocycles. The van der Waals surface area contributed by atoms with Crippen LogP contribution in [-0.4, -0.2) is 18.2 Å². The maximum Gasteiger partial charge on any atom is 0.115 e. The van der Waals surface area contributed by atoms with Crippen LogP contribution in [0.25, 0.3) is 0 Å². The van der Waals surface area contributed by atoms with Crippen LogP contribution in [0, 0.1) is 0 Å². The average Bonchev–Trinajstić information content (AvgIpc) is 2.45. The molecule has 2 aromatic carbocycles. The lowest BCUT2D eigenvalue weighted by atomic mass is 9.75. The SMILES string of the molecule is CNC(Cc1cccc(O)c1)C(C)(C)c1ccccc1. The van der Waals surface area contributed by atoms with Crippen LogP contribution >= 0.6 is 0 Å². The predicted molar refractivity (Wildman–Crippen MR) is 84.1 cm³/mol. The number of likely N-dealkylation sites (N-methyl/N-ethyl adjacent to an activating group) is 1. The second-order valence-electron chi connectivity index (χ2n) is 5.80. The van der Waals surface area contributed by atoms with Gasteiger partial charge in [0.05, 0.1) is 0 Å². The summed E-state index contributed by atoms with van der Waals surface area (Å²) >= 11 is 0. The molecule has 0 amide bonds. The minimum atomic E-state index is 0.0153. The molecule has 1 atom stereocenters. The van der Waals surface area contributed by atoms with Crippen LogP contribution in [-0.2, 0) is 11.8 Å². The first-order valence-corrected chi connectivity index (χ1v) is 7.04. The minimum Gasteiger partial charge on any atom is -0.508 e. The third-order valence-electron chi connectivity index (χ3n) is 4.09. The van der Waals surface area contributed by atoms with Gasteiger partial charge in [0.1, 0.15) is 5.75 Å². The Morgan fingerprint density at radius 1 is 1.05 bits per heavy atom. The molecule has 0 spiro atoms. The number of aromatic hydroxyl groups is 1. The fourth-order valence-corrected chi connectivity index (χ4v) is 2.71. The van der Waals surface area contributed by atoms with E-state index < -0.39 is 0 Å². The van der Waals surface area contributed by atoms with E-state index in [1.54, 1.807) is 6.07 Å². The standard InChI is InChI=1S/C18H23NO/c1-18(2,15-9-5-4-6-10-15)17(19-3)13-14-8-7-11-16(20)12-14/h4-12,17,19-20H,13H2,1-3H3. The molecule has 2 N–H and O–H groups in total. The molecule has 2 nitrogen and oxygen atoms in total. The third-order valence-corrected chi connectivity index (χ3v) is 4.09. The van der Waals surface area contributed by atoms with Crippen molar-refractivity contribution in [3.05, 3.63) is 65.7 Å². The maximum atomic E-state index is 9.60. The van der Waals surface area contributed by atoms with Crippen molar-refractivity contribution in [2.75, 3.05) is 7.05 Å². The van der Waals surface area contributed by atoms with Crippen LogP contribution in [0.1, 0.15) is 25.0 Å². The third kappa shape index (κ3) is 3.20. The van der Waals surface area contributed by atoms with E-state index in [1.807, 2.05) is 25.2 Å². The van der Waals surface area contributed by atoms with Gasteiger partial charge in [-0.25, -0.2) is 0 Å². The molecule has 106 valence electrons. The van der Waals surface area contributed by atoms with Gasteiger partial charge in [-0.3, -0.25) is 0 Å². The number of rotatable bonds is 5. The minimum absolute atomic E-state index is 0.0153. The number of hydrogen-bond donors (Lipinski definition) is 2. The Kier molecular flexibility index (Phi) is 4.46. The first kappa shape index (κ1) is 14.6. The van der Waals surface area contributed by atoms with Crippen LogP contribution in [0.4, 0.5) is 0 Å². The van der Waals surface area contributed by atoms with E-state index in [1.165, 1.54) is 5.56 Å². The van der Waals surface area contributed by atoms with E-state index >= 15 is 0 Å². The lowest BCUT2D eigenvalue weighted by molar-refractivity contribution is 0.356. The summed E-state index contributed by atoms with van der Waals surface area (Å²) < 4.78 is 0. The molecule has 0 aliphatic rings. The predicted octanol–water partition coefficient (Wildman–Crippen LogP) is 3.50. The van der Waals surface area contributed by atoms with Gasteiger partial charge in [-0.15, -0.1) is 0 Å². The number of benzene rings is 2. The number of phenolic OH excluding ortho intramolecular Hbond substituents is 1. The normalized spacial score (nSPS) is 13.2. The maximum absolute atomic E-state index is 9.60. The van der Waals surface area contributed by atoms with E-state index in [0.29, 0.717) is 11.8 Å². The van der Waals surface area contributed by atoms with E-state index in [2.05, 4.69) is 49.5 Å².